The molecule has 1 aromatic rings. The van der Waals surface area contributed by atoms with Gasteiger partial charge in [0.25, 0.3) is 0 Å². The van der Waals surface area contributed by atoms with Gasteiger partial charge in [-0.05, 0) is 54.5 Å². The molecule has 1 aliphatic heterocycles. The Bertz CT molecular complexity index is 422. The van der Waals surface area contributed by atoms with E-state index in [1.54, 1.807) is 6.92 Å². The van der Waals surface area contributed by atoms with Gasteiger partial charge in [-0.25, -0.2) is 0 Å². The molecule has 1 aliphatic rings. The van der Waals surface area contributed by atoms with E-state index in [1.165, 1.54) is 5.69 Å². The zero-order valence-corrected chi connectivity index (χ0v) is 12.8. The molecule has 1 saturated heterocycles. The van der Waals surface area contributed by atoms with Crippen molar-refractivity contribution in [3.8, 4) is 0 Å². The average molecular weight is 313 g/mol. The van der Waals surface area contributed by atoms with E-state index in [2.05, 4.69) is 45.8 Å². The van der Waals surface area contributed by atoms with Crippen LogP contribution in [0.25, 0.3) is 0 Å². The van der Waals surface area contributed by atoms with Gasteiger partial charge in [-0.2, -0.15) is 0 Å². The molecule has 4 heteroatoms. The predicted octanol–water partition coefficient (Wildman–Crippen LogP) is 2.64. The monoisotopic (exact) mass is 312 g/mol. The summed E-state index contributed by atoms with van der Waals surface area (Å²) < 4.78 is 1.07. The fourth-order valence-corrected chi connectivity index (χ4v) is 3.14. The predicted molar refractivity (Wildman–Crippen MR) is 79.1 cm³/mol. The first-order valence-corrected chi connectivity index (χ1v) is 7.21. The second-order valence-corrected chi connectivity index (χ2v) is 6.05. The third-order valence-electron chi connectivity index (χ3n) is 3.59. The van der Waals surface area contributed by atoms with E-state index in [0.29, 0.717) is 6.04 Å². The third kappa shape index (κ3) is 2.87. The first-order chi connectivity index (χ1) is 8.49. The van der Waals surface area contributed by atoms with Crippen LogP contribution in [0.3, 0.4) is 0 Å². The van der Waals surface area contributed by atoms with Gasteiger partial charge in [0.15, 0.2) is 0 Å². The highest BCUT2D eigenvalue weighted by Gasteiger charge is 2.23. The van der Waals surface area contributed by atoms with E-state index >= 15 is 0 Å². The summed E-state index contributed by atoms with van der Waals surface area (Å²) in [6, 6.07) is 6.65. The van der Waals surface area contributed by atoms with Gasteiger partial charge in [-0.15, -0.1) is 0 Å². The van der Waals surface area contributed by atoms with E-state index in [1.807, 2.05) is 12.1 Å². The molecule has 0 radical (unpaired) electrons. The molecule has 1 heterocycles. The third-order valence-corrected chi connectivity index (χ3v) is 4.23. The van der Waals surface area contributed by atoms with Crippen molar-refractivity contribution in [1.82, 2.24) is 4.90 Å². The highest BCUT2D eigenvalue weighted by molar-refractivity contribution is 9.10. The van der Waals surface area contributed by atoms with E-state index in [-0.39, 0.29) is 0 Å². The Morgan fingerprint density at radius 3 is 2.67 bits per heavy atom. The zero-order valence-electron chi connectivity index (χ0n) is 11.2. The number of nitrogens with zero attached hydrogens (tertiary/aromatic N) is 2. The lowest BCUT2D eigenvalue weighted by molar-refractivity contribution is 0.199. The lowest BCUT2D eigenvalue weighted by Gasteiger charge is -2.40. The Kier molecular flexibility index (Phi) is 4.30. The molecule has 1 aromatic carbocycles. The Hall–Kier alpha value is -0.580. The van der Waals surface area contributed by atoms with Crippen molar-refractivity contribution in [3.63, 3.8) is 0 Å². The molecule has 1 unspecified atom stereocenters. The summed E-state index contributed by atoms with van der Waals surface area (Å²) in [6.45, 7) is 7.27. The minimum absolute atomic E-state index is 0.416. The van der Waals surface area contributed by atoms with Gasteiger partial charge in [0.2, 0.25) is 0 Å². The van der Waals surface area contributed by atoms with Crippen molar-refractivity contribution >= 4 is 21.6 Å². The number of halogens is 1. The fraction of sp³-hybridized carbons (Fsp3) is 0.571. The van der Waals surface area contributed by atoms with Crippen LogP contribution >= 0.6 is 15.9 Å². The Morgan fingerprint density at radius 1 is 1.39 bits per heavy atom. The topological polar surface area (TPSA) is 26.7 Å². The summed E-state index contributed by atoms with van der Waals surface area (Å²) in [7, 11) is 2.17. The van der Waals surface area contributed by atoms with Crippen molar-refractivity contribution < 1.29 is 5.11 Å². The van der Waals surface area contributed by atoms with Crippen LogP contribution in [0.4, 0.5) is 5.69 Å². The summed E-state index contributed by atoms with van der Waals surface area (Å²) in [4.78, 5) is 4.79. The molecule has 0 spiro atoms. The lowest BCUT2D eigenvalue weighted by Crippen LogP contribution is -2.50. The minimum Gasteiger partial charge on any atom is -0.389 e. The van der Waals surface area contributed by atoms with Gasteiger partial charge in [0, 0.05) is 30.1 Å². The van der Waals surface area contributed by atoms with Gasteiger partial charge in [-0.3, -0.25) is 0 Å². The first-order valence-electron chi connectivity index (χ1n) is 6.41. The van der Waals surface area contributed by atoms with Gasteiger partial charge in [0.1, 0.15) is 0 Å². The van der Waals surface area contributed by atoms with Crippen molar-refractivity contribution in [2.45, 2.75) is 26.0 Å². The molecule has 1 N–H and O–H groups in total. The molecule has 0 bridgehead atoms. The largest absolute Gasteiger partial charge is 0.389 e. The van der Waals surface area contributed by atoms with Crippen LogP contribution in [0.15, 0.2) is 22.7 Å². The molecule has 1 fully saturated rings. The van der Waals surface area contributed by atoms with Crippen molar-refractivity contribution in [1.29, 1.82) is 0 Å². The van der Waals surface area contributed by atoms with Crippen LogP contribution in [0.2, 0.25) is 0 Å². The zero-order chi connectivity index (χ0) is 13.3. The SMILES string of the molecule is CC1CN(C)CCN1c1ccc([C@H](C)O)cc1Br. The molecule has 0 saturated carbocycles. The molecule has 2 atom stereocenters. The maximum absolute atomic E-state index is 9.59. The Morgan fingerprint density at radius 2 is 2.11 bits per heavy atom. The summed E-state index contributed by atoms with van der Waals surface area (Å²) in [5.74, 6) is 0. The number of hydrogen-bond donors (Lipinski definition) is 1. The fourth-order valence-electron chi connectivity index (χ4n) is 2.51. The number of piperazine rings is 1. The highest BCUT2D eigenvalue weighted by atomic mass is 79.9. The molecule has 18 heavy (non-hydrogen) atoms. The second kappa shape index (κ2) is 5.59. The van der Waals surface area contributed by atoms with E-state index < -0.39 is 6.10 Å². The molecule has 2 rings (SSSR count). The van der Waals surface area contributed by atoms with E-state index in [0.717, 1.165) is 29.7 Å². The standard InChI is InChI=1S/C14H21BrN2O/c1-10-9-16(3)6-7-17(10)14-5-4-12(11(2)18)8-13(14)15/h4-5,8,10-11,18H,6-7,9H2,1-3H3/t10?,11-/m0/s1. The van der Waals surface area contributed by atoms with Crippen LogP contribution in [0.5, 0.6) is 0 Å². The van der Waals surface area contributed by atoms with Crippen LogP contribution in [-0.2, 0) is 0 Å². The number of rotatable bonds is 2. The van der Waals surface area contributed by atoms with Gasteiger partial charge in [0.05, 0.1) is 11.8 Å². The summed E-state index contributed by atoms with van der Waals surface area (Å²) in [5, 5.41) is 9.59. The normalized spacial score (nSPS) is 23.2. The van der Waals surface area contributed by atoms with Crippen molar-refractivity contribution in [2.24, 2.45) is 0 Å². The Balaban J connectivity index is 2.23. The van der Waals surface area contributed by atoms with Gasteiger partial charge in [-0.1, -0.05) is 6.07 Å². The van der Waals surface area contributed by atoms with Gasteiger partial charge < -0.3 is 14.9 Å². The van der Waals surface area contributed by atoms with Gasteiger partial charge >= 0.3 is 0 Å². The maximum atomic E-state index is 9.59. The number of anilines is 1. The highest BCUT2D eigenvalue weighted by Crippen LogP contribution is 2.31. The van der Waals surface area contributed by atoms with Crippen LogP contribution in [0.1, 0.15) is 25.5 Å². The average Bonchev–Trinajstić information content (AvgIpc) is 2.30. The van der Waals surface area contributed by atoms with E-state index in [9.17, 15) is 5.11 Å². The summed E-state index contributed by atoms with van der Waals surface area (Å²) in [6.07, 6.45) is -0.416. The first kappa shape index (κ1) is 13.8. The Labute approximate surface area is 118 Å². The summed E-state index contributed by atoms with van der Waals surface area (Å²) in [5.41, 5.74) is 2.17. The summed E-state index contributed by atoms with van der Waals surface area (Å²) >= 11 is 3.63. The number of aliphatic hydroxyl groups is 1. The smallest absolute Gasteiger partial charge is 0.0762 e. The molecule has 0 aliphatic carbocycles. The van der Waals surface area contributed by atoms with Crippen LogP contribution < -0.4 is 4.90 Å². The number of benzene rings is 1. The molecule has 3 nitrogen and oxygen atoms in total. The lowest BCUT2D eigenvalue weighted by atomic mass is 10.1. The maximum Gasteiger partial charge on any atom is 0.0762 e. The number of hydrogen-bond acceptors (Lipinski definition) is 3. The quantitative estimate of drug-likeness (QED) is 0.909. The van der Waals surface area contributed by atoms with Crippen molar-refractivity contribution in [2.75, 3.05) is 31.6 Å². The number of aliphatic hydroxyl groups excluding tert-OH is 1. The second-order valence-electron chi connectivity index (χ2n) is 5.19. The molecule has 0 amide bonds. The number of likely N-dealkylation sites (N-methyl/N-ethyl adjacent to an activating group) is 1. The molecular weight excluding hydrogens is 292 g/mol. The van der Waals surface area contributed by atoms with E-state index in [4.69, 9.17) is 0 Å². The molecule has 0 aromatic heterocycles. The van der Waals surface area contributed by atoms with Crippen LogP contribution in [0, 0.1) is 0 Å². The van der Waals surface area contributed by atoms with Crippen LogP contribution in [-0.4, -0.2) is 42.7 Å². The van der Waals surface area contributed by atoms with Crippen molar-refractivity contribution in [3.05, 3.63) is 28.2 Å². The molecular formula is C14H21BrN2O. The molecule has 100 valence electrons. The minimum atomic E-state index is -0.416.